The summed E-state index contributed by atoms with van der Waals surface area (Å²) in [6.07, 6.45) is 0. The molecular weight excluding hydrogens is 284 g/mol. The van der Waals surface area contributed by atoms with Gasteiger partial charge in [0.05, 0.1) is 6.04 Å². The molecule has 4 heteroatoms. The van der Waals surface area contributed by atoms with Crippen LogP contribution in [-0.2, 0) is 0 Å². The number of rotatable bonds is 3. The van der Waals surface area contributed by atoms with Crippen LogP contribution in [0.5, 0.6) is 0 Å². The van der Waals surface area contributed by atoms with Crippen LogP contribution in [0, 0.1) is 6.92 Å². The lowest BCUT2D eigenvalue weighted by Gasteiger charge is -2.16. The van der Waals surface area contributed by atoms with Gasteiger partial charge >= 0.3 is 0 Å². The smallest absolute Gasteiger partial charge is 0.0718 e. The van der Waals surface area contributed by atoms with Gasteiger partial charge in [-0.2, -0.15) is 11.3 Å². The highest BCUT2D eigenvalue weighted by Crippen LogP contribution is 2.26. The van der Waals surface area contributed by atoms with Crippen LogP contribution in [0.3, 0.4) is 0 Å². The van der Waals surface area contributed by atoms with Crippen molar-refractivity contribution in [2.24, 2.45) is 5.84 Å². The predicted octanol–water partition coefficient (Wildman–Crippen LogP) is 3.37. The van der Waals surface area contributed by atoms with Gasteiger partial charge in [0, 0.05) is 4.47 Å². The molecule has 1 unspecified atom stereocenters. The molecule has 3 N–H and O–H groups in total. The number of nitrogens with one attached hydrogen (secondary N) is 1. The first-order chi connectivity index (χ1) is 7.70. The van der Waals surface area contributed by atoms with Crippen molar-refractivity contribution < 1.29 is 0 Å². The molecule has 2 aromatic rings. The summed E-state index contributed by atoms with van der Waals surface area (Å²) in [5, 5.41) is 4.17. The summed E-state index contributed by atoms with van der Waals surface area (Å²) in [6, 6.07) is 8.47. The summed E-state index contributed by atoms with van der Waals surface area (Å²) >= 11 is 5.19. The lowest BCUT2D eigenvalue weighted by atomic mass is 10.0. The number of halogens is 1. The zero-order valence-electron chi connectivity index (χ0n) is 8.91. The first-order valence-corrected chi connectivity index (χ1v) is 6.69. The number of benzene rings is 1. The first-order valence-electron chi connectivity index (χ1n) is 4.96. The van der Waals surface area contributed by atoms with Crippen LogP contribution in [0.2, 0.25) is 0 Å². The maximum Gasteiger partial charge on any atom is 0.0718 e. The van der Waals surface area contributed by atoms with Crippen LogP contribution in [0.4, 0.5) is 0 Å². The van der Waals surface area contributed by atoms with Crippen molar-refractivity contribution >= 4 is 27.3 Å². The van der Waals surface area contributed by atoms with Gasteiger partial charge in [0.1, 0.15) is 0 Å². The quantitative estimate of drug-likeness (QED) is 0.673. The van der Waals surface area contributed by atoms with Gasteiger partial charge in [-0.25, -0.2) is 5.43 Å². The van der Waals surface area contributed by atoms with E-state index in [9.17, 15) is 0 Å². The molecule has 1 heterocycles. The summed E-state index contributed by atoms with van der Waals surface area (Å²) in [6.45, 7) is 2.08. The highest BCUT2D eigenvalue weighted by molar-refractivity contribution is 9.10. The van der Waals surface area contributed by atoms with Gasteiger partial charge < -0.3 is 0 Å². The topological polar surface area (TPSA) is 38.0 Å². The number of hydrazine groups is 1. The molecule has 2 rings (SSSR count). The average molecular weight is 297 g/mol. The summed E-state index contributed by atoms with van der Waals surface area (Å²) in [5.41, 5.74) is 6.46. The second kappa shape index (κ2) is 5.10. The molecule has 84 valence electrons. The van der Waals surface area contributed by atoms with E-state index < -0.39 is 0 Å². The van der Waals surface area contributed by atoms with E-state index in [0.29, 0.717) is 0 Å². The molecule has 0 fully saturated rings. The molecule has 0 spiro atoms. The predicted molar refractivity (Wildman–Crippen MR) is 72.4 cm³/mol. The van der Waals surface area contributed by atoms with Gasteiger partial charge in [-0.3, -0.25) is 5.84 Å². The first kappa shape index (κ1) is 11.8. The summed E-state index contributed by atoms with van der Waals surface area (Å²) in [4.78, 5) is 0. The SMILES string of the molecule is Cc1cc(Br)cc(C(NN)c2ccsc2)c1. The molecule has 1 atom stereocenters. The molecule has 0 aliphatic heterocycles. The molecule has 2 nitrogen and oxygen atoms in total. The monoisotopic (exact) mass is 296 g/mol. The standard InChI is InChI=1S/C12H13BrN2S/c1-8-4-10(6-11(13)5-8)12(15-14)9-2-3-16-7-9/h2-7,12,15H,14H2,1H3. The van der Waals surface area contributed by atoms with Crippen molar-refractivity contribution in [3.05, 3.63) is 56.2 Å². The van der Waals surface area contributed by atoms with Crippen LogP contribution in [0.1, 0.15) is 22.7 Å². The van der Waals surface area contributed by atoms with E-state index in [-0.39, 0.29) is 6.04 Å². The van der Waals surface area contributed by atoms with Gasteiger partial charge in [-0.05, 0) is 52.6 Å². The van der Waals surface area contributed by atoms with E-state index in [2.05, 4.69) is 63.3 Å². The Morgan fingerprint density at radius 1 is 1.31 bits per heavy atom. The van der Waals surface area contributed by atoms with Gasteiger partial charge in [0.15, 0.2) is 0 Å². The van der Waals surface area contributed by atoms with Gasteiger partial charge in [0.2, 0.25) is 0 Å². The Bertz CT molecular complexity index is 448. The van der Waals surface area contributed by atoms with E-state index in [0.717, 1.165) is 4.47 Å². The van der Waals surface area contributed by atoms with Crippen LogP contribution < -0.4 is 11.3 Å². The summed E-state index contributed by atoms with van der Waals surface area (Å²) < 4.78 is 1.08. The molecule has 0 saturated heterocycles. The molecule has 1 aromatic carbocycles. The number of nitrogens with two attached hydrogens (primary N) is 1. The fourth-order valence-corrected chi connectivity index (χ4v) is 3.07. The summed E-state index contributed by atoms with van der Waals surface area (Å²) in [7, 11) is 0. The number of hydrogen-bond acceptors (Lipinski definition) is 3. The number of thiophene rings is 1. The van der Waals surface area contributed by atoms with E-state index in [4.69, 9.17) is 5.84 Å². The maximum atomic E-state index is 5.64. The molecule has 0 saturated carbocycles. The van der Waals surface area contributed by atoms with Crippen LogP contribution in [0.25, 0.3) is 0 Å². The Labute approximate surface area is 108 Å². The van der Waals surface area contributed by atoms with Gasteiger partial charge in [-0.15, -0.1) is 0 Å². The maximum absolute atomic E-state index is 5.64. The molecule has 0 aliphatic carbocycles. The molecule has 16 heavy (non-hydrogen) atoms. The third kappa shape index (κ3) is 2.52. The summed E-state index contributed by atoms with van der Waals surface area (Å²) in [5.74, 6) is 5.64. The Morgan fingerprint density at radius 2 is 2.12 bits per heavy atom. The molecule has 0 bridgehead atoms. The van der Waals surface area contributed by atoms with E-state index in [1.807, 2.05) is 0 Å². The van der Waals surface area contributed by atoms with Gasteiger partial charge in [-0.1, -0.05) is 22.0 Å². The average Bonchev–Trinajstić information content (AvgIpc) is 2.70. The fourth-order valence-electron chi connectivity index (χ4n) is 1.76. The van der Waals surface area contributed by atoms with Crippen molar-refractivity contribution in [2.75, 3.05) is 0 Å². The molecule has 0 amide bonds. The number of aryl methyl sites for hydroxylation is 1. The highest BCUT2D eigenvalue weighted by Gasteiger charge is 2.13. The zero-order valence-corrected chi connectivity index (χ0v) is 11.3. The van der Waals surface area contributed by atoms with Crippen molar-refractivity contribution in [3.63, 3.8) is 0 Å². The lowest BCUT2D eigenvalue weighted by Crippen LogP contribution is -2.28. The molecule has 1 aromatic heterocycles. The van der Waals surface area contributed by atoms with Crippen molar-refractivity contribution in [1.29, 1.82) is 0 Å². The number of hydrogen-bond donors (Lipinski definition) is 2. The normalized spacial score (nSPS) is 12.7. The second-order valence-electron chi connectivity index (χ2n) is 3.72. The van der Waals surface area contributed by atoms with Crippen LogP contribution >= 0.6 is 27.3 Å². The molecular formula is C12H13BrN2S. The van der Waals surface area contributed by atoms with Crippen LogP contribution in [-0.4, -0.2) is 0 Å². The van der Waals surface area contributed by atoms with Gasteiger partial charge in [0.25, 0.3) is 0 Å². The zero-order chi connectivity index (χ0) is 11.5. The van der Waals surface area contributed by atoms with Crippen LogP contribution in [0.15, 0.2) is 39.5 Å². The second-order valence-corrected chi connectivity index (χ2v) is 5.41. The highest BCUT2D eigenvalue weighted by atomic mass is 79.9. The third-order valence-electron chi connectivity index (χ3n) is 2.44. The Hall–Kier alpha value is -0.680. The Kier molecular flexibility index (Phi) is 3.76. The van der Waals surface area contributed by atoms with Crippen molar-refractivity contribution in [1.82, 2.24) is 5.43 Å². The largest absolute Gasteiger partial charge is 0.271 e. The van der Waals surface area contributed by atoms with Crippen molar-refractivity contribution in [3.8, 4) is 0 Å². The molecule has 0 aliphatic rings. The van der Waals surface area contributed by atoms with E-state index in [1.165, 1.54) is 16.7 Å². The van der Waals surface area contributed by atoms with E-state index in [1.54, 1.807) is 11.3 Å². The lowest BCUT2D eigenvalue weighted by molar-refractivity contribution is 0.638. The minimum Gasteiger partial charge on any atom is -0.271 e. The molecule has 0 radical (unpaired) electrons. The minimum absolute atomic E-state index is 0.0578. The van der Waals surface area contributed by atoms with E-state index >= 15 is 0 Å². The Balaban J connectivity index is 2.41. The third-order valence-corrected chi connectivity index (χ3v) is 3.60. The fraction of sp³-hybridized carbons (Fsp3) is 0.167. The minimum atomic E-state index is 0.0578. The van der Waals surface area contributed by atoms with Crippen molar-refractivity contribution in [2.45, 2.75) is 13.0 Å². The Morgan fingerprint density at radius 3 is 2.69 bits per heavy atom.